The number of carboxylic acids is 1. The minimum atomic E-state index is -0.884. The Morgan fingerprint density at radius 2 is 1.92 bits per heavy atom. The van der Waals surface area contributed by atoms with Crippen LogP contribution in [0.15, 0.2) is 43.0 Å². The minimum absolute atomic E-state index is 0.0734. The Labute approximate surface area is 142 Å². The van der Waals surface area contributed by atoms with Gasteiger partial charge in [-0.1, -0.05) is 36.4 Å². The Hall–Kier alpha value is -2.14. The summed E-state index contributed by atoms with van der Waals surface area (Å²) in [5, 5.41) is 9.76. The fraction of sp³-hybridized carbons (Fsp3) is 0.474. The largest absolute Gasteiger partial charge is 0.481 e. The smallest absolute Gasteiger partial charge is 0.314 e. The number of nitrogens with zero attached hydrogens (tertiary/aromatic N) is 1. The SMILES string of the molecule is C=CCOCCCC(=O)N1CCC(C(=O)O)(c2ccccc2)CC1. The van der Waals surface area contributed by atoms with E-state index in [-0.39, 0.29) is 5.91 Å². The number of carbonyl (C=O) groups excluding carboxylic acids is 1. The molecule has 5 nitrogen and oxygen atoms in total. The molecule has 1 fully saturated rings. The molecule has 0 bridgehead atoms. The molecule has 1 aliphatic heterocycles. The third-order valence-electron chi connectivity index (χ3n) is 4.62. The predicted octanol–water partition coefficient (Wildman–Crippen LogP) is 2.61. The van der Waals surface area contributed by atoms with E-state index in [2.05, 4.69) is 6.58 Å². The van der Waals surface area contributed by atoms with Crippen molar-refractivity contribution in [2.45, 2.75) is 31.1 Å². The molecule has 0 aromatic heterocycles. The zero-order valence-corrected chi connectivity index (χ0v) is 13.9. The van der Waals surface area contributed by atoms with Crippen LogP contribution in [0.25, 0.3) is 0 Å². The van der Waals surface area contributed by atoms with Crippen molar-refractivity contribution >= 4 is 11.9 Å². The maximum Gasteiger partial charge on any atom is 0.314 e. The number of carbonyl (C=O) groups is 2. The first-order chi connectivity index (χ1) is 11.6. The molecule has 2 rings (SSSR count). The molecule has 1 heterocycles. The maximum atomic E-state index is 12.3. The summed E-state index contributed by atoms with van der Waals surface area (Å²) in [6, 6.07) is 9.33. The Balaban J connectivity index is 1.90. The van der Waals surface area contributed by atoms with E-state index in [0.29, 0.717) is 52.0 Å². The van der Waals surface area contributed by atoms with Gasteiger partial charge in [-0.2, -0.15) is 0 Å². The van der Waals surface area contributed by atoms with Crippen LogP contribution >= 0.6 is 0 Å². The van der Waals surface area contributed by atoms with Gasteiger partial charge in [0, 0.05) is 26.1 Å². The van der Waals surface area contributed by atoms with Crippen LogP contribution in [-0.2, 0) is 19.7 Å². The fourth-order valence-corrected chi connectivity index (χ4v) is 3.17. The predicted molar refractivity (Wildman–Crippen MR) is 91.8 cm³/mol. The van der Waals surface area contributed by atoms with Crippen molar-refractivity contribution in [3.8, 4) is 0 Å². The molecule has 0 spiro atoms. The summed E-state index contributed by atoms with van der Waals surface area (Å²) in [6.45, 7) is 5.56. The molecule has 130 valence electrons. The lowest BCUT2D eigenvalue weighted by Crippen LogP contribution is -2.49. The van der Waals surface area contributed by atoms with Gasteiger partial charge in [-0.05, 0) is 24.8 Å². The van der Waals surface area contributed by atoms with Crippen LogP contribution in [0.1, 0.15) is 31.2 Å². The van der Waals surface area contributed by atoms with E-state index in [1.54, 1.807) is 11.0 Å². The van der Waals surface area contributed by atoms with Crippen molar-refractivity contribution in [1.82, 2.24) is 4.90 Å². The van der Waals surface area contributed by atoms with E-state index in [1.165, 1.54) is 0 Å². The molecule has 1 saturated heterocycles. The zero-order chi connectivity index (χ0) is 17.4. The van der Waals surface area contributed by atoms with Crippen molar-refractivity contribution < 1.29 is 19.4 Å². The molecule has 5 heteroatoms. The summed E-state index contributed by atoms with van der Waals surface area (Å²) in [4.78, 5) is 25.9. The van der Waals surface area contributed by atoms with E-state index >= 15 is 0 Å². The number of rotatable bonds is 8. The molecule has 0 atom stereocenters. The number of hydrogen-bond acceptors (Lipinski definition) is 3. The second-order valence-electron chi connectivity index (χ2n) is 6.10. The highest BCUT2D eigenvalue weighted by molar-refractivity contribution is 5.82. The summed E-state index contributed by atoms with van der Waals surface area (Å²) in [5.74, 6) is -0.733. The van der Waals surface area contributed by atoms with Gasteiger partial charge in [0.2, 0.25) is 5.91 Å². The quantitative estimate of drug-likeness (QED) is 0.587. The van der Waals surface area contributed by atoms with Gasteiger partial charge < -0.3 is 14.7 Å². The van der Waals surface area contributed by atoms with E-state index in [0.717, 1.165) is 5.56 Å². The third kappa shape index (κ3) is 4.23. The summed E-state index contributed by atoms with van der Waals surface area (Å²) in [5.41, 5.74) is -0.0621. The summed E-state index contributed by atoms with van der Waals surface area (Å²) >= 11 is 0. The standard InChI is InChI=1S/C19H25NO4/c1-2-14-24-15-6-9-17(21)20-12-10-19(11-13-20,18(22)23)16-7-4-3-5-8-16/h2-5,7-8H,1,6,9-15H2,(H,22,23). The highest BCUT2D eigenvalue weighted by atomic mass is 16.5. The van der Waals surface area contributed by atoms with Gasteiger partial charge in [-0.15, -0.1) is 6.58 Å². The second-order valence-corrected chi connectivity index (χ2v) is 6.10. The second kappa shape index (κ2) is 8.64. The molecule has 24 heavy (non-hydrogen) atoms. The molecular weight excluding hydrogens is 306 g/mol. The highest BCUT2D eigenvalue weighted by Gasteiger charge is 2.43. The average Bonchev–Trinajstić information content (AvgIpc) is 2.62. The van der Waals surface area contributed by atoms with Crippen LogP contribution in [0.4, 0.5) is 0 Å². The van der Waals surface area contributed by atoms with Gasteiger partial charge >= 0.3 is 5.97 Å². The van der Waals surface area contributed by atoms with Gasteiger partial charge in [0.1, 0.15) is 0 Å². The van der Waals surface area contributed by atoms with Crippen LogP contribution in [0.5, 0.6) is 0 Å². The van der Waals surface area contributed by atoms with Gasteiger partial charge in [0.15, 0.2) is 0 Å². The number of carboxylic acid groups (broad SMARTS) is 1. The third-order valence-corrected chi connectivity index (χ3v) is 4.62. The van der Waals surface area contributed by atoms with E-state index in [1.807, 2.05) is 30.3 Å². The van der Waals surface area contributed by atoms with E-state index in [9.17, 15) is 14.7 Å². The first kappa shape index (κ1) is 18.2. The fourth-order valence-electron chi connectivity index (χ4n) is 3.17. The molecule has 1 N–H and O–H groups in total. The normalized spacial score (nSPS) is 16.6. The van der Waals surface area contributed by atoms with Crippen LogP contribution in [0.2, 0.25) is 0 Å². The van der Waals surface area contributed by atoms with Crippen molar-refractivity contribution in [3.63, 3.8) is 0 Å². The van der Waals surface area contributed by atoms with E-state index in [4.69, 9.17) is 4.74 Å². The maximum absolute atomic E-state index is 12.3. The first-order valence-electron chi connectivity index (χ1n) is 8.35. The Morgan fingerprint density at radius 1 is 1.25 bits per heavy atom. The number of benzene rings is 1. The number of piperidine rings is 1. The topological polar surface area (TPSA) is 66.8 Å². The number of likely N-dealkylation sites (tertiary alicyclic amines) is 1. The minimum Gasteiger partial charge on any atom is -0.481 e. The monoisotopic (exact) mass is 331 g/mol. The highest BCUT2D eigenvalue weighted by Crippen LogP contribution is 2.36. The number of aliphatic carboxylic acids is 1. The molecule has 1 aliphatic rings. The molecule has 1 aromatic carbocycles. The van der Waals surface area contributed by atoms with Gasteiger partial charge in [-0.3, -0.25) is 9.59 Å². The lowest BCUT2D eigenvalue weighted by molar-refractivity contribution is -0.148. The molecule has 0 radical (unpaired) electrons. The van der Waals surface area contributed by atoms with Gasteiger partial charge in [-0.25, -0.2) is 0 Å². The van der Waals surface area contributed by atoms with Crippen molar-refractivity contribution in [2.24, 2.45) is 0 Å². The van der Waals surface area contributed by atoms with Crippen LogP contribution in [0.3, 0.4) is 0 Å². The molecule has 1 amide bonds. The number of amides is 1. The van der Waals surface area contributed by atoms with Crippen LogP contribution in [-0.4, -0.2) is 48.2 Å². The Morgan fingerprint density at radius 3 is 2.50 bits per heavy atom. The van der Waals surface area contributed by atoms with Crippen molar-refractivity contribution in [2.75, 3.05) is 26.3 Å². The lowest BCUT2D eigenvalue weighted by atomic mass is 9.73. The number of hydrogen-bond donors (Lipinski definition) is 1. The van der Waals surface area contributed by atoms with Crippen LogP contribution < -0.4 is 0 Å². The average molecular weight is 331 g/mol. The summed E-state index contributed by atoms with van der Waals surface area (Å²) < 4.78 is 5.28. The molecule has 1 aromatic rings. The van der Waals surface area contributed by atoms with Gasteiger partial charge in [0.05, 0.1) is 12.0 Å². The van der Waals surface area contributed by atoms with Crippen molar-refractivity contribution in [1.29, 1.82) is 0 Å². The van der Waals surface area contributed by atoms with Gasteiger partial charge in [0.25, 0.3) is 0 Å². The lowest BCUT2D eigenvalue weighted by Gasteiger charge is -2.39. The van der Waals surface area contributed by atoms with Crippen LogP contribution in [0, 0.1) is 0 Å². The summed E-state index contributed by atoms with van der Waals surface area (Å²) in [6.07, 6.45) is 3.69. The summed E-state index contributed by atoms with van der Waals surface area (Å²) in [7, 11) is 0. The first-order valence-corrected chi connectivity index (χ1v) is 8.35. The van der Waals surface area contributed by atoms with Crippen molar-refractivity contribution in [3.05, 3.63) is 48.6 Å². The molecular formula is C19H25NO4. The number of ether oxygens (including phenoxy) is 1. The molecule has 0 saturated carbocycles. The van der Waals surface area contributed by atoms with E-state index < -0.39 is 11.4 Å². The Kier molecular flexibility index (Phi) is 6.55. The Bertz CT molecular complexity index is 562. The zero-order valence-electron chi connectivity index (χ0n) is 13.9. The molecule has 0 unspecified atom stereocenters. The molecule has 0 aliphatic carbocycles.